The number of hydrogen-bond acceptors (Lipinski definition) is 3. The summed E-state index contributed by atoms with van der Waals surface area (Å²) in [5.41, 5.74) is 9.39. The van der Waals surface area contributed by atoms with Crippen molar-refractivity contribution in [1.29, 1.82) is 0 Å². The van der Waals surface area contributed by atoms with Crippen molar-refractivity contribution in [3.8, 4) is 11.1 Å². The molecule has 2 aromatic rings. The Morgan fingerprint density at radius 1 is 1.33 bits per heavy atom. The zero-order chi connectivity index (χ0) is 15.1. The second-order valence-corrected chi connectivity index (χ2v) is 5.29. The van der Waals surface area contributed by atoms with E-state index >= 15 is 0 Å². The molecule has 0 aliphatic carbocycles. The number of halogens is 1. The van der Waals surface area contributed by atoms with Gasteiger partial charge in [-0.2, -0.15) is 0 Å². The van der Waals surface area contributed by atoms with Gasteiger partial charge in [0, 0.05) is 42.2 Å². The highest BCUT2D eigenvalue weighted by atomic mass is 19.1. The zero-order valence-electron chi connectivity index (χ0n) is 12.0. The number of fused-ring (bicyclic) bond motifs is 1. The van der Waals surface area contributed by atoms with Gasteiger partial charge >= 0.3 is 0 Å². The number of nitrogens with two attached hydrogens (primary N) is 1. The Morgan fingerprint density at radius 2 is 2.10 bits per heavy atom. The molecule has 2 heterocycles. The van der Waals surface area contributed by atoms with Crippen molar-refractivity contribution in [2.75, 3.05) is 17.7 Å². The second-order valence-electron chi connectivity index (χ2n) is 5.29. The van der Waals surface area contributed by atoms with Gasteiger partial charge in [-0.1, -0.05) is 0 Å². The molecule has 21 heavy (non-hydrogen) atoms. The molecule has 1 aliphatic heterocycles. The van der Waals surface area contributed by atoms with Gasteiger partial charge in [0.1, 0.15) is 5.82 Å². The number of nitrogen functional groups attached to an aromatic ring is 1. The molecular weight excluding hydrogens is 269 g/mol. The van der Waals surface area contributed by atoms with Gasteiger partial charge in [-0.3, -0.25) is 9.78 Å². The molecule has 3 rings (SSSR count). The summed E-state index contributed by atoms with van der Waals surface area (Å²) in [5.74, 6) is -0.358. The fraction of sp³-hybridized carbons (Fsp3) is 0.250. The maximum atomic E-state index is 14.9. The predicted molar refractivity (Wildman–Crippen MR) is 80.5 cm³/mol. The standard InChI is InChI=1S/C16H16FN3O/c1-9-7-10(5-6-19-9)15-12(18)8-13-11(16(15)17)3-4-14(21)20(13)2/h5-8H,3-4,18H2,1-2H3. The first-order valence-electron chi connectivity index (χ1n) is 6.79. The van der Waals surface area contributed by atoms with Gasteiger partial charge in [0.05, 0.1) is 5.69 Å². The molecule has 0 bridgehead atoms. The molecule has 1 aromatic carbocycles. The third-order valence-electron chi connectivity index (χ3n) is 3.88. The lowest BCUT2D eigenvalue weighted by Gasteiger charge is -2.27. The highest BCUT2D eigenvalue weighted by Gasteiger charge is 2.27. The topological polar surface area (TPSA) is 59.2 Å². The van der Waals surface area contributed by atoms with E-state index in [0.29, 0.717) is 40.9 Å². The van der Waals surface area contributed by atoms with E-state index in [9.17, 15) is 9.18 Å². The lowest BCUT2D eigenvalue weighted by atomic mass is 9.94. The zero-order valence-corrected chi connectivity index (χ0v) is 12.0. The summed E-state index contributed by atoms with van der Waals surface area (Å²) in [6.45, 7) is 1.85. The molecule has 0 unspecified atom stereocenters. The second kappa shape index (κ2) is 4.84. The lowest BCUT2D eigenvalue weighted by Crippen LogP contribution is -2.31. The third kappa shape index (κ3) is 2.14. The smallest absolute Gasteiger partial charge is 0.227 e. The maximum absolute atomic E-state index is 14.9. The summed E-state index contributed by atoms with van der Waals surface area (Å²) in [6, 6.07) is 5.23. The number of aryl methyl sites for hydroxylation is 1. The fourth-order valence-corrected chi connectivity index (χ4v) is 2.76. The normalized spacial score (nSPS) is 14.2. The van der Waals surface area contributed by atoms with Crippen molar-refractivity contribution in [2.24, 2.45) is 0 Å². The first-order chi connectivity index (χ1) is 9.99. The molecule has 0 saturated heterocycles. The summed E-state index contributed by atoms with van der Waals surface area (Å²) in [7, 11) is 1.65. The van der Waals surface area contributed by atoms with Crippen LogP contribution >= 0.6 is 0 Å². The average molecular weight is 285 g/mol. The summed E-state index contributed by atoms with van der Waals surface area (Å²) in [6.07, 6.45) is 2.36. The van der Waals surface area contributed by atoms with Gasteiger partial charge in [0.2, 0.25) is 5.91 Å². The number of rotatable bonds is 1. The largest absolute Gasteiger partial charge is 0.398 e. The van der Waals surface area contributed by atoms with Crippen molar-refractivity contribution in [3.63, 3.8) is 0 Å². The summed E-state index contributed by atoms with van der Waals surface area (Å²) in [4.78, 5) is 17.3. The first-order valence-corrected chi connectivity index (χ1v) is 6.79. The molecule has 0 spiro atoms. The lowest BCUT2D eigenvalue weighted by molar-refractivity contribution is -0.118. The molecule has 1 aromatic heterocycles. The van der Waals surface area contributed by atoms with Crippen LogP contribution in [0.5, 0.6) is 0 Å². The van der Waals surface area contributed by atoms with E-state index in [1.54, 1.807) is 31.4 Å². The Balaban J connectivity index is 2.23. The number of pyridine rings is 1. The quantitative estimate of drug-likeness (QED) is 0.819. The molecule has 1 aliphatic rings. The number of hydrogen-bond donors (Lipinski definition) is 1. The van der Waals surface area contributed by atoms with Crippen LogP contribution in [0.1, 0.15) is 17.7 Å². The van der Waals surface area contributed by atoms with E-state index < -0.39 is 0 Å². The summed E-state index contributed by atoms with van der Waals surface area (Å²) < 4.78 is 14.9. The molecule has 5 heteroatoms. The van der Waals surface area contributed by atoms with Crippen LogP contribution in [0.2, 0.25) is 0 Å². The van der Waals surface area contributed by atoms with Crippen molar-refractivity contribution >= 4 is 17.3 Å². The molecule has 0 saturated carbocycles. The number of anilines is 2. The Bertz CT molecular complexity index is 743. The van der Waals surface area contributed by atoms with Crippen molar-refractivity contribution in [3.05, 3.63) is 41.5 Å². The van der Waals surface area contributed by atoms with Gasteiger partial charge in [0.25, 0.3) is 0 Å². The van der Waals surface area contributed by atoms with E-state index in [1.807, 2.05) is 6.92 Å². The highest BCUT2D eigenvalue weighted by molar-refractivity contribution is 5.98. The Kier molecular flexibility index (Phi) is 3.12. The van der Waals surface area contributed by atoms with Crippen LogP contribution in [-0.4, -0.2) is 17.9 Å². The average Bonchev–Trinajstić information content (AvgIpc) is 2.43. The van der Waals surface area contributed by atoms with Crippen molar-refractivity contribution < 1.29 is 9.18 Å². The van der Waals surface area contributed by atoms with Crippen LogP contribution in [0.3, 0.4) is 0 Å². The van der Waals surface area contributed by atoms with Gasteiger partial charge in [0.15, 0.2) is 0 Å². The molecule has 1 amide bonds. The molecular formula is C16H16FN3O. The molecule has 2 N–H and O–H groups in total. The van der Waals surface area contributed by atoms with E-state index in [2.05, 4.69) is 4.98 Å². The maximum Gasteiger partial charge on any atom is 0.227 e. The minimum atomic E-state index is -0.338. The SMILES string of the molecule is Cc1cc(-c2c(N)cc3c(c2F)CCC(=O)N3C)ccn1. The Morgan fingerprint density at radius 3 is 2.81 bits per heavy atom. The molecule has 4 nitrogen and oxygen atoms in total. The van der Waals surface area contributed by atoms with Crippen LogP contribution in [0, 0.1) is 12.7 Å². The van der Waals surface area contributed by atoms with E-state index in [-0.39, 0.29) is 11.7 Å². The minimum absolute atomic E-state index is 0.0196. The molecule has 0 radical (unpaired) electrons. The van der Waals surface area contributed by atoms with Crippen LogP contribution in [0.15, 0.2) is 24.4 Å². The minimum Gasteiger partial charge on any atom is -0.398 e. The van der Waals surface area contributed by atoms with Gasteiger partial charge in [-0.15, -0.1) is 0 Å². The van der Waals surface area contributed by atoms with Crippen LogP contribution in [-0.2, 0) is 11.2 Å². The van der Waals surface area contributed by atoms with Crippen LogP contribution in [0.25, 0.3) is 11.1 Å². The molecule has 108 valence electrons. The van der Waals surface area contributed by atoms with E-state index in [0.717, 1.165) is 5.69 Å². The van der Waals surface area contributed by atoms with Crippen molar-refractivity contribution in [1.82, 2.24) is 4.98 Å². The Hall–Kier alpha value is -2.43. The highest BCUT2D eigenvalue weighted by Crippen LogP contribution is 2.39. The number of aromatic nitrogens is 1. The molecule has 0 atom stereocenters. The van der Waals surface area contributed by atoms with Gasteiger partial charge in [-0.05, 0) is 37.1 Å². The van der Waals surface area contributed by atoms with Gasteiger partial charge in [-0.25, -0.2) is 4.39 Å². The number of carbonyl (C=O) groups is 1. The number of nitrogens with zero attached hydrogens (tertiary/aromatic N) is 2. The van der Waals surface area contributed by atoms with Crippen molar-refractivity contribution in [2.45, 2.75) is 19.8 Å². The predicted octanol–water partition coefficient (Wildman–Crippen LogP) is 2.69. The number of benzene rings is 1. The summed E-state index contributed by atoms with van der Waals surface area (Å²) >= 11 is 0. The molecule has 0 fully saturated rings. The van der Waals surface area contributed by atoms with Crippen LogP contribution in [0.4, 0.5) is 15.8 Å². The Labute approximate surface area is 122 Å². The van der Waals surface area contributed by atoms with E-state index in [1.165, 1.54) is 4.90 Å². The van der Waals surface area contributed by atoms with Gasteiger partial charge < -0.3 is 10.6 Å². The summed E-state index contributed by atoms with van der Waals surface area (Å²) in [5, 5.41) is 0. The number of amides is 1. The fourth-order valence-electron chi connectivity index (χ4n) is 2.76. The third-order valence-corrected chi connectivity index (χ3v) is 3.88. The first kappa shape index (κ1) is 13.5. The van der Waals surface area contributed by atoms with E-state index in [4.69, 9.17) is 5.73 Å². The number of carbonyl (C=O) groups excluding carboxylic acids is 1. The van der Waals surface area contributed by atoms with Crippen LogP contribution < -0.4 is 10.6 Å². The monoisotopic (exact) mass is 285 g/mol.